The largest absolute Gasteiger partial charge is 0.507 e. The minimum Gasteiger partial charge on any atom is -0.507 e. The molecule has 0 aliphatic heterocycles. The van der Waals surface area contributed by atoms with Crippen molar-refractivity contribution >= 4 is 11.6 Å². The molecule has 1 amide bonds. The van der Waals surface area contributed by atoms with Crippen LogP contribution in [-0.2, 0) is 0 Å². The van der Waals surface area contributed by atoms with Crippen molar-refractivity contribution in [2.24, 2.45) is 5.73 Å². The third-order valence-corrected chi connectivity index (χ3v) is 2.90. The molecule has 4 nitrogen and oxygen atoms in total. The number of carbonyl (C=O) groups excluding carboxylic acids is 1. The van der Waals surface area contributed by atoms with Crippen molar-refractivity contribution in [3.63, 3.8) is 0 Å². The Bertz CT molecular complexity index is 642. The predicted octanol–water partition coefficient (Wildman–Crippen LogP) is 2.80. The molecule has 0 fully saturated rings. The van der Waals surface area contributed by atoms with Crippen molar-refractivity contribution in [1.29, 1.82) is 0 Å². The summed E-state index contributed by atoms with van der Waals surface area (Å²) in [5, 5.41) is 12.2. The van der Waals surface area contributed by atoms with Gasteiger partial charge >= 0.3 is 0 Å². The summed E-state index contributed by atoms with van der Waals surface area (Å²) in [7, 11) is 0. The quantitative estimate of drug-likeness (QED) is 0.805. The summed E-state index contributed by atoms with van der Waals surface area (Å²) < 4.78 is 13.1. The summed E-state index contributed by atoms with van der Waals surface area (Å²) in [6.07, 6.45) is 0. The fourth-order valence-corrected chi connectivity index (χ4v) is 1.89. The maximum Gasteiger partial charge on any atom is 0.259 e. The standard InChI is InChI=1S/C15H15FN2O2/c1-9(17)11-4-2-3-5-13(11)18-15(20)12-8-10(16)6-7-14(12)19/h2-9,19H,17H2,1H3,(H,18,20). The minimum atomic E-state index is -0.589. The average molecular weight is 274 g/mol. The zero-order valence-electron chi connectivity index (χ0n) is 10.9. The Labute approximate surface area is 116 Å². The van der Waals surface area contributed by atoms with E-state index in [9.17, 15) is 14.3 Å². The van der Waals surface area contributed by atoms with Crippen LogP contribution >= 0.6 is 0 Å². The van der Waals surface area contributed by atoms with Crippen LogP contribution < -0.4 is 11.1 Å². The van der Waals surface area contributed by atoms with Crippen molar-refractivity contribution in [1.82, 2.24) is 0 Å². The van der Waals surface area contributed by atoms with Gasteiger partial charge < -0.3 is 16.2 Å². The van der Waals surface area contributed by atoms with Crippen LogP contribution in [0.5, 0.6) is 5.75 Å². The lowest BCUT2D eigenvalue weighted by Gasteiger charge is -2.14. The molecule has 0 aromatic heterocycles. The molecule has 0 saturated carbocycles. The number of aromatic hydroxyl groups is 1. The van der Waals surface area contributed by atoms with Gasteiger partial charge in [-0.15, -0.1) is 0 Å². The van der Waals surface area contributed by atoms with E-state index in [1.807, 2.05) is 6.07 Å². The molecule has 1 atom stereocenters. The third kappa shape index (κ3) is 2.95. The molecule has 5 heteroatoms. The minimum absolute atomic E-state index is 0.121. The Morgan fingerprint density at radius 3 is 2.70 bits per heavy atom. The molecule has 2 aromatic rings. The lowest BCUT2D eigenvalue weighted by atomic mass is 10.1. The fraction of sp³-hybridized carbons (Fsp3) is 0.133. The van der Waals surface area contributed by atoms with E-state index in [1.54, 1.807) is 25.1 Å². The zero-order chi connectivity index (χ0) is 14.7. The molecule has 2 rings (SSSR count). The Kier molecular flexibility index (Phi) is 4.00. The van der Waals surface area contributed by atoms with Crippen LogP contribution in [0.1, 0.15) is 28.9 Å². The summed E-state index contributed by atoms with van der Waals surface area (Å²) in [6.45, 7) is 1.80. The van der Waals surface area contributed by atoms with Crippen molar-refractivity contribution in [3.05, 3.63) is 59.4 Å². The number of benzene rings is 2. The van der Waals surface area contributed by atoms with Gasteiger partial charge in [0.1, 0.15) is 11.6 Å². The normalized spacial score (nSPS) is 11.9. The third-order valence-electron chi connectivity index (χ3n) is 2.90. The number of rotatable bonds is 3. The molecule has 0 bridgehead atoms. The van der Waals surface area contributed by atoms with Crippen LogP contribution in [0, 0.1) is 5.82 Å². The van der Waals surface area contributed by atoms with Gasteiger partial charge in [0.05, 0.1) is 5.56 Å². The molecule has 104 valence electrons. The first kappa shape index (κ1) is 14.0. The van der Waals surface area contributed by atoms with Crippen LogP contribution in [0.15, 0.2) is 42.5 Å². The van der Waals surface area contributed by atoms with Gasteiger partial charge in [-0.1, -0.05) is 18.2 Å². The van der Waals surface area contributed by atoms with Crippen molar-refractivity contribution in [2.45, 2.75) is 13.0 Å². The molecule has 4 N–H and O–H groups in total. The summed E-state index contributed by atoms with van der Waals surface area (Å²) in [4.78, 5) is 12.1. The van der Waals surface area contributed by atoms with Gasteiger partial charge in [0.15, 0.2) is 0 Å². The summed E-state index contributed by atoms with van der Waals surface area (Å²) in [5.41, 5.74) is 7.00. The number of halogens is 1. The lowest BCUT2D eigenvalue weighted by molar-refractivity contribution is 0.102. The molecule has 0 aliphatic carbocycles. The highest BCUT2D eigenvalue weighted by Crippen LogP contribution is 2.24. The highest BCUT2D eigenvalue weighted by Gasteiger charge is 2.14. The Hall–Kier alpha value is -2.40. The van der Waals surface area contributed by atoms with E-state index >= 15 is 0 Å². The highest BCUT2D eigenvalue weighted by atomic mass is 19.1. The summed E-state index contributed by atoms with van der Waals surface area (Å²) in [6, 6.07) is 10.0. The molecule has 1 unspecified atom stereocenters. The number of hydrogen-bond donors (Lipinski definition) is 3. The van der Waals surface area contributed by atoms with Crippen LogP contribution in [0.2, 0.25) is 0 Å². The number of carbonyl (C=O) groups is 1. The molecule has 0 radical (unpaired) electrons. The second kappa shape index (κ2) is 5.71. The number of amides is 1. The van der Waals surface area contributed by atoms with E-state index in [4.69, 9.17) is 5.73 Å². The van der Waals surface area contributed by atoms with E-state index in [2.05, 4.69) is 5.32 Å². The lowest BCUT2D eigenvalue weighted by Crippen LogP contribution is -2.16. The number of hydrogen-bond acceptors (Lipinski definition) is 3. The molecule has 2 aromatic carbocycles. The van der Waals surface area contributed by atoms with Gasteiger partial charge in [0.25, 0.3) is 5.91 Å². The average Bonchev–Trinajstić information content (AvgIpc) is 2.41. The second-order valence-corrected chi connectivity index (χ2v) is 4.49. The Balaban J connectivity index is 2.31. The monoisotopic (exact) mass is 274 g/mol. The SMILES string of the molecule is CC(N)c1ccccc1NC(=O)c1cc(F)ccc1O. The first-order chi connectivity index (χ1) is 9.49. The highest BCUT2D eigenvalue weighted by molar-refractivity contribution is 6.06. The van der Waals surface area contributed by atoms with Crippen LogP contribution in [0.4, 0.5) is 10.1 Å². The van der Waals surface area contributed by atoms with Crippen molar-refractivity contribution in [3.8, 4) is 5.75 Å². The van der Waals surface area contributed by atoms with Crippen molar-refractivity contribution < 1.29 is 14.3 Å². The molecular formula is C15H15FN2O2. The smallest absolute Gasteiger partial charge is 0.259 e. The summed E-state index contributed by atoms with van der Waals surface area (Å²) >= 11 is 0. The van der Waals surface area contributed by atoms with E-state index in [0.29, 0.717) is 5.69 Å². The molecule has 0 spiro atoms. The van der Waals surface area contributed by atoms with Gasteiger partial charge in [-0.2, -0.15) is 0 Å². The second-order valence-electron chi connectivity index (χ2n) is 4.49. The number of para-hydroxylation sites is 1. The zero-order valence-corrected chi connectivity index (χ0v) is 10.9. The van der Waals surface area contributed by atoms with Crippen molar-refractivity contribution in [2.75, 3.05) is 5.32 Å². The predicted molar refractivity (Wildman–Crippen MR) is 75.1 cm³/mol. The van der Waals surface area contributed by atoms with Crippen LogP contribution in [0.3, 0.4) is 0 Å². The number of nitrogens with one attached hydrogen (secondary N) is 1. The number of anilines is 1. The topological polar surface area (TPSA) is 75.3 Å². The van der Waals surface area contributed by atoms with Crippen LogP contribution in [-0.4, -0.2) is 11.0 Å². The number of phenolic OH excluding ortho intramolecular Hbond substituents is 1. The fourth-order valence-electron chi connectivity index (χ4n) is 1.89. The molecule has 0 heterocycles. The van der Waals surface area contributed by atoms with E-state index in [0.717, 1.165) is 23.8 Å². The Morgan fingerprint density at radius 1 is 1.30 bits per heavy atom. The van der Waals surface area contributed by atoms with Crippen LogP contribution in [0.25, 0.3) is 0 Å². The molecular weight excluding hydrogens is 259 g/mol. The number of phenols is 1. The maximum absolute atomic E-state index is 13.1. The van der Waals surface area contributed by atoms with Gasteiger partial charge in [0.2, 0.25) is 0 Å². The van der Waals surface area contributed by atoms with E-state index in [1.165, 1.54) is 0 Å². The van der Waals surface area contributed by atoms with E-state index in [-0.39, 0.29) is 17.4 Å². The van der Waals surface area contributed by atoms with Gasteiger partial charge in [-0.3, -0.25) is 4.79 Å². The van der Waals surface area contributed by atoms with Gasteiger partial charge in [-0.05, 0) is 36.8 Å². The molecule has 0 aliphatic rings. The Morgan fingerprint density at radius 2 is 2.00 bits per heavy atom. The summed E-state index contributed by atoms with van der Waals surface area (Å²) in [5.74, 6) is -1.45. The first-order valence-electron chi connectivity index (χ1n) is 6.13. The number of nitrogens with two attached hydrogens (primary N) is 1. The van der Waals surface area contributed by atoms with E-state index < -0.39 is 11.7 Å². The first-order valence-corrected chi connectivity index (χ1v) is 6.13. The molecule has 20 heavy (non-hydrogen) atoms. The van der Waals surface area contributed by atoms with Gasteiger partial charge in [0, 0.05) is 11.7 Å². The maximum atomic E-state index is 13.1. The van der Waals surface area contributed by atoms with Gasteiger partial charge in [-0.25, -0.2) is 4.39 Å². The molecule has 0 saturated heterocycles.